The molecule has 3 N–H and O–H groups in total. The second-order valence-corrected chi connectivity index (χ2v) is 5.23. The lowest BCUT2D eigenvalue weighted by Gasteiger charge is -2.08. The fourth-order valence-corrected chi connectivity index (χ4v) is 2.39. The predicted molar refractivity (Wildman–Crippen MR) is 68.0 cm³/mol. The highest BCUT2D eigenvalue weighted by Gasteiger charge is 2.06. The molecule has 1 unspecified atom stereocenters. The first-order chi connectivity index (χ1) is 8.20. The van der Waals surface area contributed by atoms with E-state index < -0.39 is 0 Å². The van der Waals surface area contributed by atoms with Gasteiger partial charge in [-0.25, -0.2) is 9.97 Å². The molecule has 0 aliphatic heterocycles. The Morgan fingerprint density at radius 2 is 2.47 bits per heavy atom. The highest BCUT2D eigenvalue weighted by atomic mass is 32.2. The van der Waals surface area contributed by atoms with E-state index in [1.807, 2.05) is 0 Å². The molecule has 2 heterocycles. The number of nitrogens with one attached hydrogen (secondary N) is 1. The van der Waals surface area contributed by atoms with Gasteiger partial charge < -0.3 is 5.73 Å². The molecule has 0 amide bonds. The average Bonchev–Trinajstić information content (AvgIpc) is 2.75. The number of fused-ring (bicyclic) bond motifs is 1. The van der Waals surface area contributed by atoms with Gasteiger partial charge in [-0.05, 0) is 13.0 Å². The summed E-state index contributed by atoms with van der Waals surface area (Å²) in [6.45, 7) is 2.81. The normalized spacial score (nSPS) is 13.1. The van der Waals surface area contributed by atoms with Crippen LogP contribution in [0.4, 0.5) is 0 Å². The average molecular weight is 253 g/mol. The Bertz CT molecular complexity index is 549. The molecule has 2 rings (SSSR count). The summed E-state index contributed by atoms with van der Waals surface area (Å²) in [5, 5.41) is 3.18. The van der Waals surface area contributed by atoms with Gasteiger partial charge in [-0.2, -0.15) is 16.3 Å². The number of thioether (sulfide) groups is 1. The van der Waals surface area contributed by atoms with Gasteiger partial charge in [-0.1, -0.05) is 6.92 Å². The standard InChI is InChI=1S/C10H15N5OS/c1-7(2-3-11)17-5-8-4-9(16)15-10(14-8)12-6-13-15/h4,6-7H,2-3,5,11H2,1H3,(H,12,13,14). The summed E-state index contributed by atoms with van der Waals surface area (Å²) in [5.74, 6) is 1.12. The molecule has 0 aliphatic carbocycles. The number of rotatable bonds is 5. The van der Waals surface area contributed by atoms with Crippen molar-refractivity contribution in [3.8, 4) is 0 Å². The number of nitrogens with zero attached hydrogens (tertiary/aromatic N) is 3. The van der Waals surface area contributed by atoms with Crippen molar-refractivity contribution in [2.75, 3.05) is 6.54 Å². The van der Waals surface area contributed by atoms with Crippen molar-refractivity contribution < 1.29 is 0 Å². The van der Waals surface area contributed by atoms with Crippen LogP contribution in [-0.2, 0) is 5.75 Å². The van der Waals surface area contributed by atoms with Crippen LogP contribution < -0.4 is 11.3 Å². The van der Waals surface area contributed by atoms with E-state index in [1.165, 1.54) is 16.9 Å². The quantitative estimate of drug-likeness (QED) is 0.804. The minimum absolute atomic E-state index is 0.130. The molecule has 2 aromatic rings. The molecule has 0 saturated carbocycles. The zero-order valence-electron chi connectivity index (χ0n) is 9.59. The molecule has 92 valence electrons. The van der Waals surface area contributed by atoms with Gasteiger partial charge in [0.05, 0.1) is 5.69 Å². The number of H-pyrrole nitrogens is 1. The summed E-state index contributed by atoms with van der Waals surface area (Å²) in [6, 6.07) is 1.54. The van der Waals surface area contributed by atoms with Crippen molar-refractivity contribution in [3.05, 3.63) is 28.4 Å². The molecular weight excluding hydrogens is 238 g/mol. The minimum Gasteiger partial charge on any atom is -0.330 e. The first kappa shape index (κ1) is 12.1. The second kappa shape index (κ2) is 5.33. The van der Waals surface area contributed by atoms with E-state index >= 15 is 0 Å². The minimum atomic E-state index is -0.130. The van der Waals surface area contributed by atoms with Crippen LogP contribution in [-0.4, -0.2) is 31.4 Å². The van der Waals surface area contributed by atoms with E-state index in [4.69, 9.17) is 5.73 Å². The molecule has 0 bridgehead atoms. The van der Waals surface area contributed by atoms with Gasteiger partial charge in [0, 0.05) is 17.1 Å². The van der Waals surface area contributed by atoms with E-state index in [9.17, 15) is 4.79 Å². The molecule has 17 heavy (non-hydrogen) atoms. The maximum absolute atomic E-state index is 11.7. The Balaban J connectivity index is 2.11. The summed E-state index contributed by atoms with van der Waals surface area (Å²) >= 11 is 1.75. The van der Waals surface area contributed by atoms with E-state index in [1.54, 1.807) is 11.8 Å². The summed E-state index contributed by atoms with van der Waals surface area (Å²) in [7, 11) is 0. The molecule has 2 aromatic heterocycles. The fourth-order valence-electron chi connectivity index (χ4n) is 1.49. The zero-order chi connectivity index (χ0) is 12.3. The molecule has 0 spiro atoms. The van der Waals surface area contributed by atoms with Crippen molar-refractivity contribution in [2.45, 2.75) is 24.3 Å². The van der Waals surface area contributed by atoms with Gasteiger partial charge in [-0.15, -0.1) is 0 Å². The van der Waals surface area contributed by atoms with Crippen LogP contribution >= 0.6 is 11.8 Å². The zero-order valence-corrected chi connectivity index (χ0v) is 10.4. The van der Waals surface area contributed by atoms with Gasteiger partial charge in [0.1, 0.15) is 6.33 Å². The van der Waals surface area contributed by atoms with Gasteiger partial charge in [0.15, 0.2) is 0 Å². The lowest BCUT2D eigenvalue weighted by atomic mass is 10.3. The SMILES string of the molecule is CC(CCN)SCc1cc(=O)n2[nH]cnc2n1. The smallest absolute Gasteiger partial charge is 0.274 e. The fraction of sp³-hybridized carbons (Fsp3) is 0.500. The maximum atomic E-state index is 11.7. The third kappa shape index (κ3) is 2.86. The molecule has 0 radical (unpaired) electrons. The summed E-state index contributed by atoms with van der Waals surface area (Å²) in [5.41, 5.74) is 6.12. The topological polar surface area (TPSA) is 89.1 Å². The molecule has 7 heteroatoms. The van der Waals surface area contributed by atoms with Gasteiger partial charge >= 0.3 is 0 Å². The first-order valence-electron chi connectivity index (χ1n) is 5.44. The Hall–Kier alpha value is -1.34. The lowest BCUT2D eigenvalue weighted by molar-refractivity contribution is 0.821. The van der Waals surface area contributed by atoms with Crippen molar-refractivity contribution in [1.82, 2.24) is 19.6 Å². The summed E-state index contributed by atoms with van der Waals surface area (Å²) in [4.78, 5) is 19.9. The molecular formula is C10H15N5OS. The molecule has 0 aliphatic rings. The van der Waals surface area contributed by atoms with Crippen LogP contribution in [0.15, 0.2) is 17.2 Å². The maximum Gasteiger partial charge on any atom is 0.274 e. The Kier molecular flexibility index (Phi) is 3.80. The Labute approximate surface area is 103 Å². The van der Waals surface area contributed by atoms with Crippen LogP contribution in [0.25, 0.3) is 5.78 Å². The summed E-state index contributed by atoms with van der Waals surface area (Å²) in [6.07, 6.45) is 2.42. The molecule has 0 fully saturated rings. The highest BCUT2D eigenvalue weighted by molar-refractivity contribution is 7.99. The second-order valence-electron chi connectivity index (χ2n) is 3.81. The van der Waals surface area contributed by atoms with E-state index in [0.717, 1.165) is 12.1 Å². The van der Waals surface area contributed by atoms with Crippen molar-refractivity contribution >= 4 is 17.5 Å². The van der Waals surface area contributed by atoms with Crippen molar-refractivity contribution in [2.24, 2.45) is 5.73 Å². The van der Waals surface area contributed by atoms with Crippen LogP contribution in [0.2, 0.25) is 0 Å². The number of hydrogen-bond donors (Lipinski definition) is 2. The molecule has 1 atom stereocenters. The third-order valence-corrected chi connectivity index (χ3v) is 3.68. The highest BCUT2D eigenvalue weighted by Crippen LogP contribution is 2.17. The van der Waals surface area contributed by atoms with Crippen molar-refractivity contribution in [3.63, 3.8) is 0 Å². The van der Waals surface area contributed by atoms with Crippen molar-refractivity contribution in [1.29, 1.82) is 0 Å². The first-order valence-corrected chi connectivity index (χ1v) is 6.49. The summed E-state index contributed by atoms with van der Waals surface area (Å²) < 4.78 is 1.32. The number of aromatic amines is 1. The van der Waals surface area contributed by atoms with Crippen LogP contribution in [0.5, 0.6) is 0 Å². The number of nitrogens with two attached hydrogens (primary N) is 1. The van der Waals surface area contributed by atoms with E-state index in [0.29, 0.717) is 23.3 Å². The Morgan fingerprint density at radius 3 is 3.24 bits per heavy atom. The van der Waals surface area contributed by atoms with Gasteiger partial charge in [0.2, 0.25) is 0 Å². The van der Waals surface area contributed by atoms with Gasteiger partial charge in [0.25, 0.3) is 11.3 Å². The molecule has 6 nitrogen and oxygen atoms in total. The molecule has 0 saturated heterocycles. The van der Waals surface area contributed by atoms with Crippen LogP contribution in [0.3, 0.4) is 0 Å². The third-order valence-electron chi connectivity index (χ3n) is 2.41. The number of hydrogen-bond acceptors (Lipinski definition) is 5. The largest absolute Gasteiger partial charge is 0.330 e. The van der Waals surface area contributed by atoms with Crippen LogP contribution in [0, 0.1) is 0 Å². The van der Waals surface area contributed by atoms with E-state index in [-0.39, 0.29) is 5.56 Å². The monoisotopic (exact) mass is 253 g/mol. The lowest BCUT2D eigenvalue weighted by Crippen LogP contribution is -2.15. The van der Waals surface area contributed by atoms with Crippen LogP contribution in [0.1, 0.15) is 19.0 Å². The predicted octanol–water partition coefficient (Wildman–Crippen LogP) is 0.388. The number of aromatic nitrogens is 4. The molecule has 0 aromatic carbocycles. The Morgan fingerprint density at radius 1 is 1.65 bits per heavy atom. The van der Waals surface area contributed by atoms with E-state index in [2.05, 4.69) is 22.0 Å². The van der Waals surface area contributed by atoms with Gasteiger partial charge in [-0.3, -0.25) is 9.89 Å².